The summed E-state index contributed by atoms with van der Waals surface area (Å²) in [5.41, 5.74) is 1.41. The number of nitrogens with zero attached hydrogens (tertiary/aromatic N) is 1. The molecular formula is C7H9N2O+. The van der Waals surface area contributed by atoms with Crippen LogP contribution in [0, 0.1) is 11.8 Å². The quantitative estimate of drug-likeness (QED) is 0.360. The van der Waals surface area contributed by atoms with Gasteiger partial charge in [-0.2, -0.15) is 5.84 Å². The second-order valence-corrected chi connectivity index (χ2v) is 2.11. The van der Waals surface area contributed by atoms with Gasteiger partial charge >= 0.3 is 0 Å². The Bertz CT molecular complexity index is 258. The Labute approximate surface area is 59.0 Å². The molecule has 0 unspecified atom stereocenters. The van der Waals surface area contributed by atoms with Crippen LogP contribution in [0.2, 0.25) is 0 Å². The van der Waals surface area contributed by atoms with Crippen molar-refractivity contribution in [3.63, 3.8) is 0 Å². The fraction of sp³-hybridized carbons (Fsp3) is 0.143. The van der Waals surface area contributed by atoms with E-state index in [1.165, 1.54) is 0 Å². The molecule has 0 atom stereocenters. The highest BCUT2D eigenvalue weighted by atomic mass is 16.3. The highest BCUT2D eigenvalue weighted by Crippen LogP contribution is 2.13. The van der Waals surface area contributed by atoms with Crippen molar-refractivity contribution in [1.29, 1.82) is 0 Å². The Balaban J connectivity index is 3.15. The normalized spacial score (nSPS) is 9.30. The molecule has 0 aliphatic carbocycles. The van der Waals surface area contributed by atoms with Crippen LogP contribution < -0.4 is 5.84 Å². The predicted octanol–water partition coefficient (Wildman–Crippen LogP) is 1.28. The van der Waals surface area contributed by atoms with Gasteiger partial charge in [0.25, 0.3) is 5.69 Å². The lowest BCUT2D eigenvalue weighted by atomic mass is 10.2. The SMILES string of the molecule is Cc1ccccc1[N+](N)=O. The van der Waals surface area contributed by atoms with E-state index in [0.717, 1.165) is 5.56 Å². The van der Waals surface area contributed by atoms with Crippen LogP contribution >= 0.6 is 0 Å². The molecule has 3 nitrogen and oxygen atoms in total. The molecule has 10 heavy (non-hydrogen) atoms. The van der Waals surface area contributed by atoms with Crippen LogP contribution in [0.5, 0.6) is 0 Å². The third-order valence-electron chi connectivity index (χ3n) is 1.35. The molecule has 0 aromatic heterocycles. The topological polar surface area (TPSA) is 46.1 Å². The van der Waals surface area contributed by atoms with Crippen LogP contribution in [0.15, 0.2) is 24.3 Å². The monoisotopic (exact) mass is 137 g/mol. The van der Waals surface area contributed by atoms with E-state index in [2.05, 4.69) is 0 Å². The van der Waals surface area contributed by atoms with E-state index in [4.69, 9.17) is 5.84 Å². The number of hydrazine groups is 1. The summed E-state index contributed by atoms with van der Waals surface area (Å²) < 4.78 is 0. The molecule has 3 heteroatoms. The number of nitroso groups, excluding NO2 is 1. The van der Waals surface area contributed by atoms with Gasteiger partial charge in [-0.25, -0.2) is 0 Å². The van der Waals surface area contributed by atoms with Crippen molar-refractivity contribution < 1.29 is 4.87 Å². The summed E-state index contributed by atoms with van der Waals surface area (Å²) in [6, 6.07) is 7.16. The van der Waals surface area contributed by atoms with E-state index in [1.54, 1.807) is 12.1 Å². The molecule has 0 fully saturated rings. The van der Waals surface area contributed by atoms with Crippen molar-refractivity contribution in [1.82, 2.24) is 0 Å². The van der Waals surface area contributed by atoms with Crippen LogP contribution in [-0.4, -0.2) is 4.87 Å². The van der Waals surface area contributed by atoms with Crippen LogP contribution in [0.25, 0.3) is 0 Å². The largest absolute Gasteiger partial charge is 0.294 e. The summed E-state index contributed by atoms with van der Waals surface area (Å²) in [5, 5.41) is 0. The lowest BCUT2D eigenvalue weighted by Gasteiger charge is -1.89. The summed E-state index contributed by atoms with van der Waals surface area (Å²) in [4.78, 5) is 10.9. The minimum absolute atomic E-state index is 0.370. The van der Waals surface area contributed by atoms with Gasteiger partial charge < -0.3 is 0 Å². The van der Waals surface area contributed by atoms with Crippen molar-refractivity contribution in [3.8, 4) is 0 Å². The summed E-state index contributed by atoms with van der Waals surface area (Å²) in [6.07, 6.45) is 0. The van der Waals surface area contributed by atoms with Crippen molar-refractivity contribution in [2.24, 2.45) is 5.84 Å². The lowest BCUT2D eigenvalue weighted by molar-refractivity contribution is -0.475. The molecule has 0 amide bonds. The first-order valence-electron chi connectivity index (χ1n) is 2.99. The number of aryl methyl sites for hydroxylation is 1. The Morgan fingerprint density at radius 2 is 2.00 bits per heavy atom. The highest BCUT2D eigenvalue weighted by molar-refractivity contribution is 5.37. The number of benzene rings is 1. The van der Waals surface area contributed by atoms with Gasteiger partial charge in [0.05, 0.1) is 4.91 Å². The summed E-state index contributed by atoms with van der Waals surface area (Å²) in [5.74, 6) is 4.99. The lowest BCUT2D eigenvalue weighted by Crippen LogP contribution is -2.09. The molecule has 0 aliphatic rings. The minimum Gasteiger partial charge on any atom is -0.159 e. The maximum Gasteiger partial charge on any atom is 0.294 e. The average Bonchev–Trinajstić information content (AvgIpc) is 1.88. The van der Waals surface area contributed by atoms with Crippen molar-refractivity contribution >= 4 is 5.69 Å². The van der Waals surface area contributed by atoms with Gasteiger partial charge in [-0.1, -0.05) is 18.2 Å². The first kappa shape index (κ1) is 6.74. The third-order valence-corrected chi connectivity index (χ3v) is 1.35. The predicted molar refractivity (Wildman–Crippen MR) is 38.7 cm³/mol. The van der Waals surface area contributed by atoms with Crippen molar-refractivity contribution in [2.75, 3.05) is 0 Å². The van der Waals surface area contributed by atoms with Gasteiger partial charge in [-0.05, 0) is 6.92 Å². The molecule has 2 N–H and O–H groups in total. The molecule has 0 saturated carbocycles. The second kappa shape index (κ2) is 2.47. The zero-order valence-electron chi connectivity index (χ0n) is 5.74. The molecule has 0 aliphatic heterocycles. The van der Waals surface area contributed by atoms with E-state index in [1.807, 2.05) is 19.1 Å². The molecule has 1 aromatic rings. The van der Waals surface area contributed by atoms with Crippen LogP contribution in [0.3, 0.4) is 0 Å². The summed E-state index contributed by atoms with van der Waals surface area (Å²) in [6.45, 7) is 1.84. The number of hydrogen-bond donors (Lipinski definition) is 1. The molecule has 0 saturated heterocycles. The molecule has 52 valence electrons. The Morgan fingerprint density at radius 1 is 1.40 bits per heavy atom. The van der Waals surface area contributed by atoms with Gasteiger partial charge in [0, 0.05) is 11.6 Å². The summed E-state index contributed by atoms with van der Waals surface area (Å²) >= 11 is 0. The second-order valence-electron chi connectivity index (χ2n) is 2.11. The first-order chi connectivity index (χ1) is 4.72. The van der Waals surface area contributed by atoms with E-state index < -0.39 is 0 Å². The standard InChI is InChI=1S/C7H9N2O/c1-6-4-2-3-5-7(6)9(8)10/h2-5H,1H3,(H2,8,10)/q+1. The van der Waals surface area contributed by atoms with Crippen molar-refractivity contribution in [2.45, 2.75) is 6.92 Å². The zero-order valence-corrected chi connectivity index (χ0v) is 5.74. The van der Waals surface area contributed by atoms with Crippen molar-refractivity contribution in [3.05, 3.63) is 34.7 Å². The number of hydrogen-bond acceptors (Lipinski definition) is 1. The van der Waals surface area contributed by atoms with Gasteiger partial charge in [0.15, 0.2) is 4.87 Å². The molecule has 0 bridgehead atoms. The molecular weight excluding hydrogens is 128 g/mol. The minimum atomic E-state index is 0.370. The maximum atomic E-state index is 10.6. The molecule has 0 spiro atoms. The molecule has 0 heterocycles. The van der Waals surface area contributed by atoms with Crippen LogP contribution in [-0.2, 0) is 0 Å². The Morgan fingerprint density at radius 3 is 2.40 bits per heavy atom. The fourth-order valence-corrected chi connectivity index (χ4v) is 0.811. The van der Waals surface area contributed by atoms with Gasteiger partial charge in [0.1, 0.15) is 0 Å². The van der Waals surface area contributed by atoms with E-state index in [0.29, 0.717) is 10.6 Å². The number of para-hydroxylation sites is 1. The van der Waals surface area contributed by atoms with Gasteiger partial charge in [-0.3, -0.25) is 0 Å². The van der Waals surface area contributed by atoms with E-state index in [9.17, 15) is 4.91 Å². The maximum absolute atomic E-state index is 10.6. The smallest absolute Gasteiger partial charge is 0.159 e. The van der Waals surface area contributed by atoms with E-state index >= 15 is 0 Å². The molecule has 0 radical (unpaired) electrons. The zero-order chi connectivity index (χ0) is 7.56. The average molecular weight is 137 g/mol. The van der Waals surface area contributed by atoms with Gasteiger partial charge in [0.2, 0.25) is 0 Å². The number of rotatable bonds is 1. The highest BCUT2D eigenvalue weighted by Gasteiger charge is 2.09. The summed E-state index contributed by atoms with van der Waals surface area (Å²) in [7, 11) is 0. The fourth-order valence-electron chi connectivity index (χ4n) is 0.811. The van der Waals surface area contributed by atoms with Crippen LogP contribution in [0.4, 0.5) is 5.69 Å². The van der Waals surface area contributed by atoms with Gasteiger partial charge in [-0.15, -0.1) is 0 Å². The van der Waals surface area contributed by atoms with E-state index in [-0.39, 0.29) is 0 Å². The molecule has 1 rings (SSSR count). The Hall–Kier alpha value is -1.38. The number of nitrogens with two attached hydrogens (primary N) is 1. The third kappa shape index (κ3) is 1.13. The Kier molecular flexibility index (Phi) is 1.67. The van der Waals surface area contributed by atoms with Crippen LogP contribution in [0.1, 0.15) is 5.56 Å². The molecule has 1 aromatic carbocycles. The first-order valence-corrected chi connectivity index (χ1v) is 2.99.